The lowest BCUT2D eigenvalue weighted by Gasteiger charge is -2.50. The van der Waals surface area contributed by atoms with Crippen LogP contribution in [0.5, 0.6) is 5.75 Å². The van der Waals surface area contributed by atoms with Gasteiger partial charge in [0.1, 0.15) is 28.7 Å². The minimum atomic E-state index is -2.66. The van der Waals surface area contributed by atoms with Crippen molar-refractivity contribution < 1.29 is 34.8 Å². The number of amidine groups is 1. The Morgan fingerprint density at radius 3 is 2.40 bits per heavy atom. The molecule has 1 amide bonds. The van der Waals surface area contributed by atoms with Crippen molar-refractivity contribution in [2.75, 3.05) is 27.7 Å². The fourth-order valence-electron chi connectivity index (χ4n) is 7.32. The number of hydrogen-bond donors (Lipinski definition) is 5. The molecule has 6 N–H and O–H groups in total. The minimum Gasteiger partial charge on any atom is -0.510 e. The molecule has 6 rings (SSSR count). The number of amides is 1. The second-order valence-corrected chi connectivity index (χ2v) is 12.0. The molecule has 4 atom stereocenters. The summed E-state index contributed by atoms with van der Waals surface area (Å²) in [6, 6.07) is 9.72. The molecule has 3 aliphatic carbocycles. The number of phenols is 1. The summed E-state index contributed by atoms with van der Waals surface area (Å²) >= 11 is 0. The highest BCUT2D eigenvalue weighted by molar-refractivity contribution is 6.25. The lowest BCUT2D eigenvalue weighted by atomic mass is 9.58. The molecule has 1 aliphatic heterocycles. The number of Topliss-reactive ketones (excluding diaryl/α,β-unsaturated/α-hetero) is 2. The minimum absolute atomic E-state index is 0.0183. The Morgan fingerprint density at radius 2 is 1.79 bits per heavy atom. The first-order valence-electron chi connectivity index (χ1n) is 14.2. The van der Waals surface area contributed by atoms with E-state index >= 15 is 0 Å². The maximum Gasteiger partial charge on any atom is 0.255 e. The van der Waals surface area contributed by atoms with E-state index < -0.39 is 58.0 Å². The van der Waals surface area contributed by atoms with E-state index in [1.54, 1.807) is 20.2 Å². The van der Waals surface area contributed by atoms with Crippen molar-refractivity contribution in [3.05, 3.63) is 70.2 Å². The predicted molar refractivity (Wildman–Crippen MR) is 158 cm³/mol. The van der Waals surface area contributed by atoms with Crippen LogP contribution in [-0.2, 0) is 16.0 Å². The molecule has 224 valence electrons. The summed E-state index contributed by atoms with van der Waals surface area (Å²) in [5.74, 6) is -5.68. The van der Waals surface area contributed by atoms with Crippen molar-refractivity contribution in [1.82, 2.24) is 9.80 Å². The number of likely N-dealkylation sites (tertiary alicyclic amines) is 1. The maximum atomic E-state index is 14.0. The van der Waals surface area contributed by atoms with Gasteiger partial charge in [-0.05, 0) is 74.2 Å². The monoisotopic (exact) mass is 586 g/mol. The first kappa shape index (κ1) is 28.6. The molecular formula is C32H34N4O7. The van der Waals surface area contributed by atoms with Gasteiger partial charge >= 0.3 is 0 Å². The number of ketones is 2. The molecule has 43 heavy (non-hydrogen) atoms. The average molecular weight is 587 g/mol. The molecular weight excluding hydrogens is 552 g/mol. The highest BCUT2D eigenvalue weighted by atomic mass is 16.3. The van der Waals surface area contributed by atoms with Gasteiger partial charge in [-0.1, -0.05) is 18.2 Å². The Kier molecular flexibility index (Phi) is 6.70. The third-order valence-corrected chi connectivity index (χ3v) is 9.38. The molecule has 11 nitrogen and oxygen atoms in total. The topological polar surface area (TPSA) is 177 Å². The Hall–Kier alpha value is -4.48. The number of likely N-dealkylation sites (N-methyl/N-ethyl adjacent to an activating group) is 1. The van der Waals surface area contributed by atoms with Crippen molar-refractivity contribution in [3.63, 3.8) is 0 Å². The quantitative estimate of drug-likeness (QED) is 0.337. The molecule has 11 heteroatoms. The number of benzene rings is 2. The van der Waals surface area contributed by atoms with Gasteiger partial charge in [0.25, 0.3) is 5.91 Å². The summed E-state index contributed by atoms with van der Waals surface area (Å²) in [4.78, 5) is 48.0. The molecule has 1 heterocycles. The number of aliphatic hydroxyl groups excluding tert-OH is 2. The highest BCUT2D eigenvalue weighted by Crippen LogP contribution is 2.53. The molecule has 0 unspecified atom stereocenters. The van der Waals surface area contributed by atoms with E-state index in [-0.39, 0.29) is 29.7 Å². The number of allylic oxidation sites excluding steroid dienone is 1. The van der Waals surface area contributed by atoms with Gasteiger partial charge in [-0.2, -0.15) is 0 Å². The number of hydrogen-bond acceptors (Lipinski definition) is 9. The number of aromatic hydroxyl groups is 1. The van der Waals surface area contributed by atoms with Crippen LogP contribution in [-0.4, -0.2) is 92.9 Å². The van der Waals surface area contributed by atoms with Gasteiger partial charge in [0, 0.05) is 31.5 Å². The number of primary amides is 1. The van der Waals surface area contributed by atoms with Gasteiger partial charge in [0.05, 0.1) is 17.3 Å². The summed E-state index contributed by atoms with van der Waals surface area (Å²) in [5.41, 5.74) is 4.61. The number of nitrogens with zero attached hydrogens (tertiary/aromatic N) is 3. The van der Waals surface area contributed by atoms with Crippen molar-refractivity contribution >= 4 is 29.0 Å². The Morgan fingerprint density at radius 1 is 1.09 bits per heavy atom. The van der Waals surface area contributed by atoms with E-state index in [0.717, 1.165) is 42.0 Å². The van der Waals surface area contributed by atoms with E-state index in [2.05, 4.69) is 4.90 Å². The molecule has 1 fully saturated rings. The van der Waals surface area contributed by atoms with Crippen LogP contribution in [0.1, 0.15) is 35.2 Å². The van der Waals surface area contributed by atoms with Crippen molar-refractivity contribution in [2.45, 2.75) is 37.3 Å². The standard InChI is InChI=1S/C32H34N4O7/c1-35(2)26-20-14-16-13-19-18(15-6-8-17(9-7-15)34-22-5-4-12-36(22)3)10-11-21(37)24(19)27(38)23(16)29(40)32(20,43)30(41)25(28(26)39)31(33)42/h6-11,16,20,26,37,39-40,43H,4-5,12-14H2,1-3H3,(H2,33,42)/b34-22-/t16-,20+,26+,32+/m0/s1. The van der Waals surface area contributed by atoms with E-state index in [4.69, 9.17) is 10.7 Å². The maximum absolute atomic E-state index is 14.0. The molecule has 1 saturated heterocycles. The summed E-state index contributed by atoms with van der Waals surface area (Å²) in [6.07, 6.45) is 2.24. The van der Waals surface area contributed by atoms with E-state index in [0.29, 0.717) is 5.56 Å². The zero-order valence-corrected chi connectivity index (χ0v) is 24.2. The fraction of sp³-hybridized carbons (Fsp3) is 0.375. The van der Waals surface area contributed by atoms with Crippen LogP contribution in [0.25, 0.3) is 11.1 Å². The number of nitrogens with two attached hydrogens (primary N) is 1. The van der Waals surface area contributed by atoms with E-state index in [1.807, 2.05) is 31.3 Å². The lowest BCUT2D eigenvalue weighted by Crippen LogP contribution is -2.63. The third kappa shape index (κ3) is 4.17. The normalized spacial score (nSPS) is 28.0. The lowest BCUT2D eigenvalue weighted by molar-refractivity contribution is -0.148. The fourth-order valence-corrected chi connectivity index (χ4v) is 7.32. The summed E-state index contributed by atoms with van der Waals surface area (Å²) in [7, 11) is 5.22. The summed E-state index contributed by atoms with van der Waals surface area (Å²) in [6.45, 7) is 0.974. The second kappa shape index (κ2) is 10.1. The number of aliphatic hydroxyl groups is 3. The van der Waals surface area contributed by atoms with Crippen molar-refractivity contribution in [1.29, 1.82) is 0 Å². The Balaban J connectivity index is 1.45. The van der Waals surface area contributed by atoms with Gasteiger partial charge in [0.2, 0.25) is 5.78 Å². The number of carbonyl (C=O) groups is 3. The average Bonchev–Trinajstić information content (AvgIpc) is 3.35. The second-order valence-electron chi connectivity index (χ2n) is 12.0. The number of rotatable bonds is 4. The zero-order chi connectivity index (χ0) is 31.0. The number of phenolic OH excluding ortho intramolecular Hbond substituents is 1. The molecule has 0 spiro atoms. The van der Waals surface area contributed by atoms with E-state index in [1.165, 1.54) is 11.0 Å². The van der Waals surface area contributed by atoms with Crippen LogP contribution in [0.4, 0.5) is 5.69 Å². The zero-order valence-electron chi connectivity index (χ0n) is 24.2. The SMILES string of the molecule is CN1CCC/C1=N/c1ccc(-c2ccc(O)c3c2C[C@H]2C[C@@H]4[C@@H](N(C)C)C(O)=C(C(N)=O)C(=O)[C@]4(O)C(O)=C2C3=O)cc1. The summed E-state index contributed by atoms with van der Waals surface area (Å²) in [5, 5.41) is 45.0. The first-order chi connectivity index (χ1) is 20.4. The smallest absolute Gasteiger partial charge is 0.255 e. The van der Waals surface area contributed by atoms with Crippen LogP contribution >= 0.6 is 0 Å². The molecule has 0 saturated carbocycles. The predicted octanol–water partition coefficient (Wildman–Crippen LogP) is 2.54. The summed E-state index contributed by atoms with van der Waals surface area (Å²) < 4.78 is 0. The Bertz CT molecular complexity index is 1670. The molecule has 2 aromatic carbocycles. The molecule has 0 bridgehead atoms. The molecule has 2 aromatic rings. The number of carbonyl (C=O) groups excluding carboxylic acids is 3. The number of aliphatic imine (C=N–C) groups is 1. The molecule has 0 aromatic heterocycles. The molecule has 4 aliphatic rings. The first-order valence-corrected chi connectivity index (χ1v) is 14.2. The van der Waals surface area contributed by atoms with Crippen LogP contribution in [0.3, 0.4) is 0 Å². The van der Waals surface area contributed by atoms with Gasteiger partial charge in [0.15, 0.2) is 11.4 Å². The van der Waals surface area contributed by atoms with Crippen LogP contribution < -0.4 is 5.73 Å². The molecule has 0 radical (unpaired) electrons. The van der Waals surface area contributed by atoms with Crippen molar-refractivity contribution in [2.24, 2.45) is 22.6 Å². The van der Waals surface area contributed by atoms with Gasteiger partial charge in [-0.3, -0.25) is 19.3 Å². The van der Waals surface area contributed by atoms with Crippen LogP contribution in [0.2, 0.25) is 0 Å². The van der Waals surface area contributed by atoms with E-state index in [9.17, 15) is 34.8 Å². The van der Waals surface area contributed by atoms with Crippen LogP contribution in [0, 0.1) is 11.8 Å². The third-order valence-electron chi connectivity index (χ3n) is 9.38. The van der Waals surface area contributed by atoms with Gasteiger partial charge in [-0.25, -0.2) is 4.99 Å². The largest absolute Gasteiger partial charge is 0.510 e. The van der Waals surface area contributed by atoms with Crippen LogP contribution in [0.15, 0.2) is 64.1 Å². The van der Waals surface area contributed by atoms with Crippen molar-refractivity contribution in [3.8, 4) is 16.9 Å². The van der Waals surface area contributed by atoms with Gasteiger partial charge < -0.3 is 31.1 Å². The number of fused-ring (bicyclic) bond motifs is 3. The highest BCUT2D eigenvalue weighted by Gasteiger charge is 2.63. The Labute approximate surface area is 248 Å². The van der Waals surface area contributed by atoms with Gasteiger partial charge in [-0.15, -0.1) is 0 Å².